The van der Waals surface area contributed by atoms with Gasteiger partial charge in [-0.05, 0) is 45.2 Å². The molecule has 0 unspecified atom stereocenters. The van der Waals surface area contributed by atoms with Crippen LogP contribution in [0, 0.1) is 30.9 Å². The molecule has 2 aromatic rings. The minimum Gasteiger partial charge on any atom is -0.320 e. The number of thioether (sulfide) groups is 1. The minimum atomic E-state index is -0.474. The molecule has 0 spiro atoms. The third-order valence-corrected chi connectivity index (χ3v) is 6.20. The molecule has 0 atom stereocenters. The lowest BCUT2D eigenvalue weighted by Gasteiger charge is -2.26. The van der Waals surface area contributed by atoms with Crippen molar-refractivity contribution >= 4 is 29.0 Å². The zero-order valence-electron chi connectivity index (χ0n) is 16.5. The normalized spacial score (nSPS) is 14.8. The van der Waals surface area contributed by atoms with Crippen LogP contribution in [0.4, 0.5) is 11.4 Å². The number of rotatable bonds is 6. The number of carbonyl (C=O) groups excluding carboxylic acids is 1. The average molecular weight is 403 g/mol. The van der Waals surface area contributed by atoms with Crippen LogP contribution in [0.15, 0.2) is 23.4 Å². The van der Waals surface area contributed by atoms with Gasteiger partial charge in [0.25, 0.3) is 5.69 Å². The Hall–Kier alpha value is -2.35. The number of hydrogen-bond donors (Lipinski definition) is 1. The number of hydrogen-bond acceptors (Lipinski definition) is 5. The van der Waals surface area contributed by atoms with Crippen LogP contribution >= 0.6 is 11.8 Å². The van der Waals surface area contributed by atoms with E-state index >= 15 is 0 Å². The maximum atomic E-state index is 12.4. The number of nitro groups is 1. The Balaban J connectivity index is 1.70. The van der Waals surface area contributed by atoms with Gasteiger partial charge in [-0.1, -0.05) is 37.1 Å². The fourth-order valence-electron chi connectivity index (χ4n) is 3.68. The number of anilines is 1. The molecule has 1 amide bonds. The highest BCUT2D eigenvalue weighted by Gasteiger charge is 2.23. The van der Waals surface area contributed by atoms with Crippen molar-refractivity contribution in [2.45, 2.75) is 64.1 Å². The van der Waals surface area contributed by atoms with E-state index < -0.39 is 4.92 Å². The average Bonchev–Trinajstić information content (AvgIpc) is 2.96. The molecule has 0 aliphatic heterocycles. The lowest BCUT2D eigenvalue weighted by atomic mass is 9.95. The summed E-state index contributed by atoms with van der Waals surface area (Å²) >= 11 is 1.39. The van der Waals surface area contributed by atoms with Crippen LogP contribution in [0.2, 0.25) is 0 Å². The van der Waals surface area contributed by atoms with Gasteiger partial charge in [0, 0.05) is 17.8 Å². The number of aryl methyl sites for hydroxylation is 2. The molecule has 1 aliphatic rings. The molecule has 1 heterocycles. The molecular weight excluding hydrogens is 376 g/mol. The highest BCUT2D eigenvalue weighted by molar-refractivity contribution is 7.99. The molecule has 0 radical (unpaired) electrons. The van der Waals surface area contributed by atoms with Gasteiger partial charge in [0.15, 0.2) is 5.16 Å². The number of amides is 1. The molecule has 7 nitrogen and oxygen atoms in total. The first kappa shape index (κ1) is 20.4. The molecule has 1 saturated carbocycles. The summed E-state index contributed by atoms with van der Waals surface area (Å²) in [6.07, 6.45) is 6.02. The van der Waals surface area contributed by atoms with Crippen LogP contribution < -0.4 is 5.32 Å². The number of nitrogens with one attached hydrogen (secondary N) is 1. The topological polar surface area (TPSA) is 90.1 Å². The number of imidazole rings is 1. The molecule has 1 aliphatic carbocycles. The molecule has 1 fully saturated rings. The van der Waals surface area contributed by atoms with Crippen molar-refractivity contribution in [2.24, 2.45) is 0 Å². The number of nitro benzene ring substituents is 1. The van der Waals surface area contributed by atoms with Crippen LogP contribution in [0.1, 0.15) is 55.1 Å². The standard InChI is InChI=1S/C20H26N4O3S/c1-13-9-10-17(18(11-13)24(26)27)22-19(25)12-28-20-21-14(2)15(3)23(20)16-7-5-4-6-8-16/h9-11,16H,4-8,12H2,1-3H3,(H,22,25). The summed E-state index contributed by atoms with van der Waals surface area (Å²) in [7, 11) is 0. The molecular formula is C20H26N4O3S. The number of benzene rings is 1. The highest BCUT2D eigenvalue weighted by Crippen LogP contribution is 2.34. The van der Waals surface area contributed by atoms with E-state index in [9.17, 15) is 14.9 Å². The quantitative estimate of drug-likeness (QED) is 0.419. The summed E-state index contributed by atoms with van der Waals surface area (Å²) < 4.78 is 2.28. The van der Waals surface area contributed by atoms with Crippen molar-refractivity contribution in [3.05, 3.63) is 45.3 Å². The predicted octanol–water partition coefficient (Wildman–Crippen LogP) is 4.95. The van der Waals surface area contributed by atoms with E-state index in [0.29, 0.717) is 6.04 Å². The van der Waals surface area contributed by atoms with Crippen LogP contribution in [-0.2, 0) is 4.79 Å². The second-order valence-electron chi connectivity index (χ2n) is 7.34. The Morgan fingerprint density at radius 2 is 2.00 bits per heavy atom. The Labute approximate surface area is 169 Å². The molecule has 0 saturated heterocycles. The van der Waals surface area contributed by atoms with Gasteiger partial charge in [0.2, 0.25) is 5.91 Å². The van der Waals surface area contributed by atoms with E-state index in [2.05, 4.69) is 21.8 Å². The largest absolute Gasteiger partial charge is 0.320 e. The zero-order valence-corrected chi connectivity index (χ0v) is 17.3. The van der Waals surface area contributed by atoms with Crippen LogP contribution in [-0.4, -0.2) is 26.1 Å². The first-order chi connectivity index (χ1) is 13.4. The summed E-state index contributed by atoms with van der Waals surface area (Å²) in [5, 5.41) is 14.8. The monoisotopic (exact) mass is 402 g/mol. The molecule has 1 aromatic carbocycles. The Kier molecular flexibility index (Phi) is 6.39. The van der Waals surface area contributed by atoms with E-state index in [4.69, 9.17) is 0 Å². The smallest absolute Gasteiger partial charge is 0.293 e. The minimum absolute atomic E-state index is 0.0891. The number of aromatic nitrogens is 2. The van der Waals surface area contributed by atoms with Gasteiger partial charge < -0.3 is 9.88 Å². The SMILES string of the molecule is Cc1ccc(NC(=O)CSc2nc(C)c(C)n2C2CCCCC2)c([N+](=O)[O-])c1. The summed E-state index contributed by atoms with van der Waals surface area (Å²) in [4.78, 5) is 27.8. The third-order valence-electron chi connectivity index (χ3n) is 5.25. The lowest BCUT2D eigenvalue weighted by molar-refractivity contribution is -0.384. The van der Waals surface area contributed by atoms with Crippen molar-refractivity contribution < 1.29 is 9.72 Å². The van der Waals surface area contributed by atoms with Gasteiger partial charge >= 0.3 is 0 Å². The highest BCUT2D eigenvalue weighted by atomic mass is 32.2. The first-order valence-electron chi connectivity index (χ1n) is 9.60. The first-order valence-corrected chi connectivity index (χ1v) is 10.6. The maximum Gasteiger partial charge on any atom is 0.293 e. The van der Waals surface area contributed by atoms with Gasteiger partial charge in [0.05, 0.1) is 16.4 Å². The number of nitrogens with zero attached hydrogens (tertiary/aromatic N) is 3. The summed E-state index contributed by atoms with van der Waals surface area (Å²) in [6, 6.07) is 5.23. The van der Waals surface area contributed by atoms with E-state index in [0.717, 1.165) is 34.9 Å². The number of carbonyl (C=O) groups is 1. The molecule has 1 aromatic heterocycles. The van der Waals surface area contributed by atoms with Crippen LogP contribution in [0.5, 0.6) is 0 Å². The van der Waals surface area contributed by atoms with Gasteiger partial charge in [-0.25, -0.2) is 4.98 Å². The Morgan fingerprint density at radius 1 is 1.29 bits per heavy atom. The van der Waals surface area contributed by atoms with Crippen molar-refractivity contribution in [2.75, 3.05) is 11.1 Å². The molecule has 28 heavy (non-hydrogen) atoms. The fraction of sp³-hybridized carbons (Fsp3) is 0.500. The third kappa shape index (κ3) is 4.55. The van der Waals surface area contributed by atoms with Crippen LogP contribution in [0.3, 0.4) is 0 Å². The van der Waals surface area contributed by atoms with Gasteiger partial charge in [-0.15, -0.1) is 0 Å². The van der Waals surface area contributed by atoms with Crippen molar-refractivity contribution in [3.63, 3.8) is 0 Å². The summed E-state index contributed by atoms with van der Waals surface area (Å²) in [5.41, 5.74) is 3.06. The van der Waals surface area contributed by atoms with Gasteiger partial charge in [-0.2, -0.15) is 0 Å². The molecule has 150 valence electrons. The second kappa shape index (κ2) is 8.77. The van der Waals surface area contributed by atoms with E-state index in [1.807, 2.05) is 6.92 Å². The maximum absolute atomic E-state index is 12.4. The fourth-order valence-corrected chi connectivity index (χ4v) is 4.64. The van der Waals surface area contributed by atoms with Gasteiger partial charge in [0.1, 0.15) is 5.69 Å². The van der Waals surface area contributed by atoms with Gasteiger partial charge in [-0.3, -0.25) is 14.9 Å². The Bertz CT molecular complexity index is 888. The zero-order chi connectivity index (χ0) is 20.3. The van der Waals surface area contributed by atoms with Crippen molar-refractivity contribution in [1.82, 2.24) is 9.55 Å². The van der Waals surface area contributed by atoms with E-state index in [1.54, 1.807) is 19.1 Å². The van der Waals surface area contributed by atoms with E-state index in [1.165, 1.54) is 37.1 Å². The van der Waals surface area contributed by atoms with Crippen molar-refractivity contribution in [3.8, 4) is 0 Å². The van der Waals surface area contributed by atoms with Crippen molar-refractivity contribution in [1.29, 1.82) is 0 Å². The molecule has 0 bridgehead atoms. The second-order valence-corrected chi connectivity index (χ2v) is 8.28. The lowest BCUT2D eigenvalue weighted by Crippen LogP contribution is -2.18. The molecule has 8 heteroatoms. The molecule has 1 N–H and O–H groups in total. The summed E-state index contributed by atoms with van der Waals surface area (Å²) in [6.45, 7) is 5.86. The summed E-state index contributed by atoms with van der Waals surface area (Å²) in [5.74, 6) is -0.112. The predicted molar refractivity (Wildman–Crippen MR) is 111 cm³/mol. The van der Waals surface area contributed by atoms with Crippen LogP contribution in [0.25, 0.3) is 0 Å². The molecule has 3 rings (SSSR count). The van der Waals surface area contributed by atoms with E-state index in [-0.39, 0.29) is 23.0 Å². The Morgan fingerprint density at radius 3 is 2.68 bits per heavy atom.